The minimum absolute atomic E-state index is 0.230. The third-order valence-corrected chi connectivity index (χ3v) is 4.80. The summed E-state index contributed by atoms with van der Waals surface area (Å²) in [5.74, 6) is 0. The molecule has 0 aliphatic rings. The van der Waals surface area contributed by atoms with Gasteiger partial charge in [0.05, 0.1) is 6.54 Å². The van der Waals surface area contributed by atoms with Crippen molar-refractivity contribution in [3.63, 3.8) is 0 Å². The summed E-state index contributed by atoms with van der Waals surface area (Å²) >= 11 is 0. The highest BCUT2D eigenvalue weighted by Gasteiger charge is 2.21. The number of hydrogen-bond acceptors (Lipinski definition) is 3. The summed E-state index contributed by atoms with van der Waals surface area (Å²) in [7, 11) is 0. The fraction of sp³-hybridized carbons (Fsp3) is 0.238. The molecule has 5 heteroatoms. The largest absolute Gasteiger partial charge is 0.449 e. The fourth-order valence-corrected chi connectivity index (χ4v) is 3.43. The van der Waals surface area contributed by atoms with E-state index in [0.717, 1.165) is 16.5 Å². The lowest BCUT2D eigenvalue weighted by Gasteiger charge is -2.15. The molecular weight excluding hydrogens is 328 g/mol. The molecule has 0 spiro atoms. The van der Waals surface area contributed by atoms with Crippen LogP contribution in [0.2, 0.25) is 0 Å². The quantitative estimate of drug-likeness (QED) is 0.565. The van der Waals surface area contributed by atoms with Gasteiger partial charge in [-0.1, -0.05) is 36.4 Å². The van der Waals surface area contributed by atoms with Gasteiger partial charge in [0.15, 0.2) is 0 Å². The van der Waals surface area contributed by atoms with E-state index in [2.05, 4.69) is 0 Å². The molecule has 132 valence electrons. The van der Waals surface area contributed by atoms with Gasteiger partial charge in [-0.15, -0.1) is 0 Å². The average molecular weight is 348 g/mol. The van der Waals surface area contributed by atoms with Crippen molar-refractivity contribution in [1.82, 2.24) is 9.13 Å². The van der Waals surface area contributed by atoms with E-state index in [1.165, 1.54) is 4.57 Å². The molecule has 0 aliphatic heterocycles. The summed E-state index contributed by atoms with van der Waals surface area (Å²) in [5.41, 5.74) is 2.85. The maximum Gasteiger partial charge on any atom is 0.332 e. The van der Waals surface area contributed by atoms with Crippen molar-refractivity contribution in [3.8, 4) is 0 Å². The molecule has 4 rings (SSSR count). The molecule has 5 nitrogen and oxygen atoms in total. The Morgan fingerprint density at radius 3 is 2.42 bits per heavy atom. The van der Waals surface area contributed by atoms with Crippen molar-refractivity contribution in [1.29, 1.82) is 0 Å². The van der Waals surface area contributed by atoms with Crippen LogP contribution in [-0.4, -0.2) is 9.13 Å². The van der Waals surface area contributed by atoms with E-state index < -0.39 is 0 Å². The first-order valence-electron chi connectivity index (χ1n) is 8.70. The molecule has 2 aromatic heterocycles. The van der Waals surface area contributed by atoms with E-state index in [0.29, 0.717) is 17.6 Å². The monoisotopic (exact) mass is 348 g/mol. The molecule has 0 saturated heterocycles. The molecule has 0 unspecified atom stereocenters. The van der Waals surface area contributed by atoms with Crippen molar-refractivity contribution in [2.75, 3.05) is 0 Å². The molecule has 0 atom stereocenters. The van der Waals surface area contributed by atoms with E-state index in [9.17, 15) is 9.59 Å². The van der Waals surface area contributed by atoms with Gasteiger partial charge < -0.3 is 4.42 Å². The van der Waals surface area contributed by atoms with Crippen LogP contribution >= 0.6 is 0 Å². The Balaban J connectivity index is 2.14. The molecule has 0 bridgehead atoms. The Kier molecular flexibility index (Phi) is 3.80. The highest BCUT2D eigenvalue weighted by molar-refractivity contribution is 6.02. The Bertz CT molecular complexity index is 1240. The lowest BCUT2D eigenvalue weighted by atomic mass is 10.1. The average Bonchev–Trinajstić information content (AvgIpc) is 3.00. The van der Waals surface area contributed by atoms with Gasteiger partial charge in [-0.25, -0.2) is 4.79 Å². The molecule has 0 N–H and O–H groups in total. The lowest BCUT2D eigenvalue weighted by molar-refractivity contribution is 0.513. The Labute approximate surface area is 150 Å². The maximum atomic E-state index is 13.2. The predicted molar refractivity (Wildman–Crippen MR) is 103 cm³/mol. The third-order valence-electron chi connectivity index (χ3n) is 4.80. The minimum atomic E-state index is -0.378. The van der Waals surface area contributed by atoms with Crippen LogP contribution < -0.4 is 11.2 Å². The summed E-state index contributed by atoms with van der Waals surface area (Å²) in [6.45, 7) is 6.06. The zero-order chi connectivity index (χ0) is 18.4. The fourth-order valence-electron chi connectivity index (χ4n) is 3.43. The van der Waals surface area contributed by atoms with Crippen molar-refractivity contribution in [3.05, 3.63) is 80.5 Å². The van der Waals surface area contributed by atoms with Gasteiger partial charge in [-0.2, -0.15) is 0 Å². The highest BCUT2D eigenvalue weighted by atomic mass is 16.3. The number of aryl methyl sites for hydroxylation is 1. The molecular formula is C21H20N2O3. The van der Waals surface area contributed by atoms with Crippen LogP contribution in [0.15, 0.2) is 62.5 Å². The third kappa shape index (κ3) is 2.39. The first kappa shape index (κ1) is 16.4. The second kappa shape index (κ2) is 6.02. The predicted octanol–water partition coefficient (Wildman–Crippen LogP) is 3.85. The minimum Gasteiger partial charge on any atom is -0.449 e. The Hall–Kier alpha value is -3.08. The molecule has 0 fully saturated rings. The number of hydrogen-bond donors (Lipinski definition) is 0. The first-order chi connectivity index (χ1) is 12.5. The second-order valence-corrected chi connectivity index (χ2v) is 6.84. The SMILES string of the molecule is Cc1ccccc1Cn1c(=O)n(C(C)C)c(=O)c2oc3ccccc3c21. The van der Waals surface area contributed by atoms with Gasteiger partial charge in [0, 0.05) is 11.4 Å². The van der Waals surface area contributed by atoms with E-state index in [-0.39, 0.29) is 22.9 Å². The molecule has 26 heavy (non-hydrogen) atoms. The number of aromatic nitrogens is 2. The zero-order valence-corrected chi connectivity index (χ0v) is 15.0. The lowest BCUT2D eigenvalue weighted by Crippen LogP contribution is -2.41. The van der Waals surface area contributed by atoms with Gasteiger partial charge in [0.25, 0.3) is 5.56 Å². The van der Waals surface area contributed by atoms with Crippen molar-refractivity contribution in [2.45, 2.75) is 33.4 Å². The second-order valence-electron chi connectivity index (χ2n) is 6.84. The van der Waals surface area contributed by atoms with Crippen molar-refractivity contribution >= 4 is 22.1 Å². The summed E-state index contributed by atoms with van der Waals surface area (Å²) < 4.78 is 8.77. The molecule has 4 aromatic rings. The molecule has 0 aliphatic carbocycles. The van der Waals surface area contributed by atoms with Gasteiger partial charge in [-0.05, 0) is 44.0 Å². The Morgan fingerprint density at radius 2 is 1.69 bits per heavy atom. The van der Waals surface area contributed by atoms with Crippen LogP contribution in [0.1, 0.15) is 31.0 Å². The van der Waals surface area contributed by atoms with E-state index >= 15 is 0 Å². The number of furan rings is 1. The number of benzene rings is 2. The number of nitrogens with zero attached hydrogens (tertiary/aromatic N) is 2. The van der Waals surface area contributed by atoms with Crippen molar-refractivity contribution < 1.29 is 4.42 Å². The van der Waals surface area contributed by atoms with E-state index in [1.54, 1.807) is 4.57 Å². The van der Waals surface area contributed by atoms with Crippen LogP contribution in [-0.2, 0) is 6.54 Å². The summed E-state index contributed by atoms with van der Waals surface area (Å²) in [5, 5.41) is 0.779. The number of para-hydroxylation sites is 1. The topological polar surface area (TPSA) is 57.1 Å². The van der Waals surface area contributed by atoms with Gasteiger partial charge in [-0.3, -0.25) is 13.9 Å². The molecule has 0 amide bonds. The van der Waals surface area contributed by atoms with E-state index in [4.69, 9.17) is 4.42 Å². The number of fused-ring (bicyclic) bond motifs is 3. The molecule has 0 saturated carbocycles. The van der Waals surface area contributed by atoms with Crippen LogP contribution in [0.4, 0.5) is 0 Å². The van der Waals surface area contributed by atoms with Crippen LogP contribution in [0.5, 0.6) is 0 Å². The van der Waals surface area contributed by atoms with Crippen molar-refractivity contribution in [2.24, 2.45) is 0 Å². The number of rotatable bonds is 3. The molecule has 0 radical (unpaired) electrons. The summed E-state index contributed by atoms with van der Waals surface area (Å²) in [6.07, 6.45) is 0. The first-order valence-corrected chi connectivity index (χ1v) is 8.70. The summed E-state index contributed by atoms with van der Waals surface area (Å²) in [6, 6.07) is 15.1. The van der Waals surface area contributed by atoms with Crippen LogP contribution in [0.3, 0.4) is 0 Å². The summed E-state index contributed by atoms with van der Waals surface area (Å²) in [4.78, 5) is 26.1. The normalized spacial score (nSPS) is 11.7. The highest BCUT2D eigenvalue weighted by Crippen LogP contribution is 2.26. The molecule has 2 aromatic carbocycles. The molecule has 2 heterocycles. The zero-order valence-electron chi connectivity index (χ0n) is 15.0. The van der Waals surface area contributed by atoms with Crippen LogP contribution in [0, 0.1) is 6.92 Å². The smallest absolute Gasteiger partial charge is 0.332 e. The van der Waals surface area contributed by atoms with E-state index in [1.807, 2.05) is 69.3 Å². The van der Waals surface area contributed by atoms with Gasteiger partial charge in [0.1, 0.15) is 11.1 Å². The van der Waals surface area contributed by atoms with Gasteiger partial charge >= 0.3 is 5.69 Å². The standard InChI is InChI=1S/C21H20N2O3/c1-13(2)23-20(24)19-18(16-10-6-7-11-17(16)26-19)22(21(23)25)12-15-9-5-4-8-14(15)3/h4-11,13H,12H2,1-3H3. The van der Waals surface area contributed by atoms with Gasteiger partial charge in [0.2, 0.25) is 5.58 Å². The van der Waals surface area contributed by atoms with Crippen LogP contribution in [0.25, 0.3) is 22.1 Å². The Morgan fingerprint density at radius 1 is 1.00 bits per heavy atom. The maximum absolute atomic E-state index is 13.2.